The minimum Gasteiger partial charge on any atom is -0.463 e. The van der Waals surface area contributed by atoms with Gasteiger partial charge in [0.25, 0.3) is 0 Å². The highest BCUT2D eigenvalue weighted by atomic mass is 16.6. The average molecular weight is 327 g/mol. The van der Waals surface area contributed by atoms with Crippen LogP contribution in [0.5, 0.6) is 0 Å². The molecule has 10 heteroatoms. The molecule has 2 rings (SSSR count). The maximum Gasteiger partial charge on any atom is 0.351 e. The highest BCUT2D eigenvalue weighted by Gasteiger charge is 2.39. The fourth-order valence-corrected chi connectivity index (χ4v) is 2.25. The minimum atomic E-state index is -0.729. The summed E-state index contributed by atoms with van der Waals surface area (Å²) in [6.45, 7) is 2.41. The van der Waals surface area contributed by atoms with Crippen molar-refractivity contribution in [2.24, 2.45) is 0 Å². The smallest absolute Gasteiger partial charge is 0.351 e. The fourth-order valence-electron chi connectivity index (χ4n) is 2.25. The number of hydrogen-bond acceptors (Lipinski definition) is 9. The first-order chi connectivity index (χ1) is 10.9. The van der Waals surface area contributed by atoms with E-state index in [-0.39, 0.29) is 18.8 Å². The van der Waals surface area contributed by atoms with Gasteiger partial charge in [0, 0.05) is 26.5 Å². The summed E-state index contributed by atoms with van der Waals surface area (Å²) in [4.78, 5) is 37.6. The summed E-state index contributed by atoms with van der Waals surface area (Å²) in [5.74, 6) is -0.995. The molecule has 3 atom stereocenters. The molecule has 0 amide bonds. The molecule has 0 radical (unpaired) electrons. The van der Waals surface area contributed by atoms with E-state index in [2.05, 4.69) is 4.98 Å². The van der Waals surface area contributed by atoms with Crippen molar-refractivity contribution in [3.8, 4) is 0 Å². The van der Waals surface area contributed by atoms with Crippen LogP contribution in [0.2, 0.25) is 0 Å². The van der Waals surface area contributed by atoms with E-state index in [0.717, 1.165) is 0 Å². The lowest BCUT2D eigenvalue weighted by atomic mass is 10.2. The van der Waals surface area contributed by atoms with Gasteiger partial charge in [-0.1, -0.05) is 0 Å². The van der Waals surface area contributed by atoms with Crippen LogP contribution in [0.1, 0.15) is 26.5 Å². The lowest BCUT2D eigenvalue weighted by molar-refractivity contribution is -0.155. The Morgan fingerprint density at radius 3 is 2.78 bits per heavy atom. The molecule has 0 spiro atoms. The Morgan fingerprint density at radius 2 is 2.22 bits per heavy atom. The zero-order valence-electron chi connectivity index (χ0n) is 12.6. The van der Waals surface area contributed by atoms with Crippen LogP contribution < -0.4 is 11.2 Å². The van der Waals surface area contributed by atoms with E-state index in [0.29, 0.717) is 0 Å². The molecule has 1 saturated heterocycles. The molecule has 0 aliphatic carbocycles. The highest BCUT2D eigenvalue weighted by Crippen LogP contribution is 2.30. The summed E-state index contributed by atoms with van der Waals surface area (Å²) in [5.41, 5.74) is 1.12. The van der Waals surface area contributed by atoms with Gasteiger partial charge in [0.15, 0.2) is 5.82 Å². The zero-order chi connectivity index (χ0) is 17.0. The molecule has 1 aliphatic rings. The average Bonchev–Trinajstić information content (AvgIpc) is 2.86. The van der Waals surface area contributed by atoms with Gasteiger partial charge in [-0.2, -0.15) is 4.98 Å². The summed E-state index contributed by atoms with van der Waals surface area (Å²) < 4.78 is 16.9. The lowest BCUT2D eigenvalue weighted by Gasteiger charge is -2.17. The second-order valence-electron chi connectivity index (χ2n) is 4.93. The van der Waals surface area contributed by atoms with E-state index in [1.165, 1.54) is 30.7 Å². The number of esters is 2. The Morgan fingerprint density at radius 1 is 1.48 bits per heavy atom. The first-order valence-corrected chi connectivity index (χ1v) is 6.86. The van der Waals surface area contributed by atoms with Crippen LogP contribution in [0.4, 0.5) is 5.82 Å². The van der Waals surface area contributed by atoms with Crippen LogP contribution in [0.3, 0.4) is 0 Å². The normalized spacial score (nSPS) is 23.3. The van der Waals surface area contributed by atoms with Crippen molar-refractivity contribution in [3.05, 3.63) is 22.7 Å². The predicted molar refractivity (Wildman–Crippen MR) is 74.6 cm³/mol. The molecule has 1 aromatic heterocycles. The van der Waals surface area contributed by atoms with Gasteiger partial charge in [-0.25, -0.2) is 4.79 Å². The molecule has 1 fully saturated rings. The number of nitrogens with one attached hydrogen (secondary N) is 1. The van der Waals surface area contributed by atoms with Gasteiger partial charge in [-0.15, -0.1) is 0 Å². The Hall–Kier alpha value is -2.46. The predicted octanol–water partition coefficient (Wildman–Crippen LogP) is -0.173. The van der Waals surface area contributed by atoms with Crippen LogP contribution in [0.15, 0.2) is 17.1 Å². The van der Waals surface area contributed by atoms with Gasteiger partial charge in [0.1, 0.15) is 25.0 Å². The third-order valence-electron chi connectivity index (χ3n) is 3.20. The van der Waals surface area contributed by atoms with Crippen LogP contribution in [0, 0.1) is 0 Å². The van der Waals surface area contributed by atoms with Gasteiger partial charge in [0.05, 0.1) is 0 Å². The number of rotatable bonds is 5. The number of ether oxygens (including phenoxy) is 3. The number of carbonyl (C=O) groups is 2. The number of nitrogens with zero attached hydrogens (tertiary/aromatic N) is 2. The molecular formula is C13H17N3O7. The van der Waals surface area contributed by atoms with Gasteiger partial charge in [0.2, 0.25) is 0 Å². The number of hydrogen-bond donors (Lipinski definition) is 2. The molecule has 1 aliphatic heterocycles. The molecule has 126 valence electrons. The lowest BCUT2D eigenvalue weighted by Crippen LogP contribution is -2.31. The van der Waals surface area contributed by atoms with Gasteiger partial charge in [-0.3, -0.25) is 24.8 Å². The first-order valence-electron chi connectivity index (χ1n) is 6.86. The van der Waals surface area contributed by atoms with Crippen molar-refractivity contribution in [2.45, 2.75) is 38.7 Å². The number of carbonyl (C=O) groups excluding carboxylic acids is 2. The Balaban J connectivity index is 2.16. The molecule has 0 saturated carbocycles. The fraction of sp³-hybridized carbons (Fsp3) is 0.538. The standard InChI is InChI=1S/C13H17N3O7/c1-7(17)21-6-10-9(22-8(2)18)5-12(23-10)16-4-3-11(15-20)14-13(16)19/h3-4,9-10,12,20H,5-6H2,1-2H3,(H,14,15,19)/t9-,10+,12+/m0/s1. The van der Waals surface area contributed by atoms with Crippen molar-refractivity contribution in [3.63, 3.8) is 0 Å². The summed E-state index contributed by atoms with van der Waals surface area (Å²) in [6.07, 6.45) is -0.473. The maximum atomic E-state index is 11.9. The van der Waals surface area contributed by atoms with Crippen LogP contribution in [-0.4, -0.2) is 45.5 Å². The zero-order valence-corrected chi connectivity index (χ0v) is 12.6. The summed E-state index contributed by atoms with van der Waals surface area (Å²) >= 11 is 0. The van der Waals surface area contributed by atoms with Crippen molar-refractivity contribution < 1.29 is 29.0 Å². The largest absolute Gasteiger partial charge is 0.463 e. The van der Waals surface area contributed by atoms with E-state index in [4.69, 9.17) is 19.4 Å². The number of anilines is 1. The quantitative estimate of drug-likeness (QED) is 0.559. The highest BCUT2D eigenvalue weighted by molar-refractivity contribution is 5.66. The molecule has 2 N–H and O–H groups in total. The molecular weight excluding hydrogens is 310 g/mol. The summed E-state index contributed by atoms with van der Waals surface area (Å²) in [5, 5.41) is 8.73. The third kappa shape index (κ3) is 4.27. The molecule has 1 aromatic rings. The Kier molecular flexibility index (Phi) is 5.29. The molecule has 2 heterocycles. The van der Waals surface area contributed by atoms with Gasteiger partial charge >= 0.3 is 17.6 Å². The van der Waals surface area contributed by atoms with E-state index in [1.54, 1.807) is 5.48 Å². The van der Waals surface area contributed by atoms with Crippen LogP contribution in [-0.2, 0) is 23.8 Å². The van der Waals surface area contributed by atoms with Gasteiger partial charge < -0.3 is 14.2 Å². The SMILES string of the molecule is CC(=O)OC[C@H]1O[C@@H](n2ccc(NO)nc2=O)C[C@@H]1OC(C)=O. The monoisotopic (exact) mass is 327 g/mol. The Bertz CT molecular complexity index is 645. The van der Waals surface area contributed by atoms with Crippen molar-refractivity contribution in [1.29, 1.82) is 0 Å². The molecule has 0 unspecified atom stereocenters. The minimum absolute atomic E-state index is 0.00255. The second-order valence-corrected chi connectivity index (χ2v) is 4.93. The van der Waals surface area contributed by atoms with Crippen molar-refractivity contribution in [2.75, 3.05) is 12.1 Å². The topological polar surface area (TPSA) is 129 Å². The molecule has 0 aromatic carbocycles. The second kappa shape index (κ2) is 7.20. The van der Waals surface area contributed by atoms with Crippen molar-refractivity contribution >= 4 is 17.8 Å². The molecule has 0 bridgehead atoms. The van der Waals surface area contributed by atoms with Gasteiger partial charge in [-0.05, 0) is 6.07 Å². The van der Waals surface area contributed by atoms with E-state index in [1.807, 2.05) is 0 Å². The van der Waals surface area contributed by atoms with Crippen LogP contribution >= 0.6 is 0 Å². The number of aromatic nitrogens is 2. The summed E-state index contributed by atoms with van der Waals surface area (Å²) in [6, 6.07) is 1.38. The Labute approximate surface area is 130 Å². The summed E-state index contributed by atoms with van der Waals surface area (Å²) in [7, 11) is 0. The molecule has 23 heavy (non-hydrogen) atoms. The third-order valence-corrected chi connectivity index (χ3v) is 3.20. The van der Waals surface area contributed by atoms with E-state index in [9.17, 15) is 14.4 Å². The molecule has 10 nitrogen and oxygen atoms in total. The van der Waals surface area contributed by atoms with E-state index < -0.39 is 36.1 Å². The maximum absolute atomic E-state index is 11.9. The van der Waals surface area contributed by atoms with Crippen molar-refractivity contribution in [1.82, 2.24) is 9.55 Å². The van der Waals surface area contributed by atoms with E-state index >= 15 is 0 Å². The first kappa shape index (κ1) is 16.9. The van der Waals surface area contributed by atoms with Crippen LogP contribution in [0.25, 0.3) is 0 Å².